The zero-order valence-electron chi connectivity index (χ0n) is 7.35. The van der Waals surface area contributed by atoms with E-state index in [2.05, 4.69) is 33.4 Å². The molecule has 0 saturated carbocycles. The summed E-state index contributed by atoms with van der Waals surface area (Å²) in [7, 11) is 0. The molecule has 0 fully saturated rings. The molecule has 1 atom stereocenters. The van der Waals surface area contributed by atoms with Gasteiger partial charge in [-0.1, -0.05) is 31.1 Å². The SMILES string of the molecule is C=CC(C=C(C)C)CCC. The van der Waals surface area contributed by atoms with Crippen LogP contribution in [0.5, 0.6) is 0 Å². The second-order valence-corrected chi connectivity index (χ2v) is 2.93. The highest BCUT2D eigenvalue weighted by molar-refractivity contribution is 5.02. The standard InChI is InChI=1S/C10H18/c1-5-7-10(6-2)8-9(3)4/h6,8,10H,2,5,7H2,1,3-4H3. The maximum absolute atomic E-state index is 3.79. The summed E-state index contributed by atoms with van der Waals surface area (Å²) in [5.41, 5.74) is 1.39. The molecule has 0 rings (SSSR count). The van der Waals surface area contributed by atoms with Crippen molar-refractivity contribution in [1.82, 2.24) is 0 Å². The molecule has 0 heterocycles. The monoisotopic (exact) mass is 138 g/mol. The first-order valence-corrected chi connectivity index (χ1v) is 3.98. The Hall–Kier alpha value is -0.520. The van der Waals surface area contributed by atoms with Gasteiger partial charge >= 0.3 is 0 Å². The third-order valence-corrected chi connectivity index (χ3v) is 1.47. The molecule has 1 unspecified atom stereocenters. The number of rotatable bonds is 4. The average Bonchev–Trinajstić information content (AvgIpc) is 1.86. The normalized spacial score (nSPS) is 12.3. The maximum Gasteiger partial charge on any atom is -0.00538 e. The van der Waals surface area contributed by atoms with Crippen LogP contribution < -0.4 is 0 Å². The zero-order chi connectivity index (χ0) is 7.98. The second kappa shape index (κ2) is 5.28. The van der Waals surface area contributed by atoms with Crippen LogP contribution >= 0.6 is 0 Å². The van der Waals surface area contributed by atoms with E-state index in [0.29, 0.717) is 5.92 Å². The fraction of sp³-hybridized carbons (Fsp3) is 0.600. The van der Waals surface area contributed by atoms with Crippen molar-refractivity contribution in [2.24, 2.45) is 5.92 Å². The van der Waals surface area contributed by atoms with Crippen LogP contribution in [0.3, 0.4) is 0 Å². The van der Waals surface area contributed by atoms with Gasteiger partial charge in [-0.2, -0.15) is 0 Å². The van der Waals surface area contributed by atoms with Crippen molar-refractivity contribution >= 4 is 0 Å². The Morgan fingerprint density at radius 1 is 1.50 bits per heavy atom. The van der Waals surface area contributed by atoms with Crippen molar-refractivity contribution in [3.63, 3.8) is 0 Å². The minimum Gasteiger partial charge on any atom is -0.102 e. The highest BCUT2D eigenvalue weighted by Gasteiger charge is 1.96. The van der Waals surface area contributed by atoms with Gasteiger partial charge in [-0.25, -0.2) is 0 Å². The minimum atomic E-state index is 0.593. The van der Waals surface area contributed by atoms with Gasteiger partial charge < -0.3 is 0 Å². The van der Waals surface area contributed by atoms with Gasteiger partial charge in [-0.05, 0) is 26.2 Å². The van der Waals surface area contributed by atoms with Crippen LogP contribution in [0, 0.1) is 5.92 Å². The first kappa shape index (κ1) is 9.48. The van der Waals surface area contributed by atoms with E-state index in [1.54, 1.807) is 0 Å². The van der Waals surface area contributed by atoms with Crippen molar-refractivity contribution < 1.29 is 0 Å². The van der Waals surface area contributed by atoms with Gasteiger partial charge in [0, 0.05) is 0 Å². The molecule has 0 nitrogen and oxygen atoms in total. The van der Waals surface area contributed by atoms with Gasteiger partial charge in [0.05, 0.1) is 0 Å². The molecule has 0 heteroatoms. The lowest BCUT2D eigenvalue weighted by Gasteiger charge is -2.04. The molecule has 0 saturated heterocycles. The lowest BCUT2D eigenvalue weighted by atomic mass is 10.0. The molecule has 0 aromatic carbocycles. The molecule has 0 aliphatic carbocycles. The molecular formula is C10H18. The molecule has 0 aliphatic heterocycles. The summed E-state index contributed by atoms with van der Waals surface area (Å²) in [4.78, 5) is 0. The Morgan fingerprint density at radius 2 is 2.10 bits per heavy atom. The molecule has 0 spiro atoms. The first-order valence-electron chi connectivity index (χ1n) is 3.98. The molecule has 0 N–H and O–H groups in total. The van der Waals surface area contributed by atoms with E-state index in [1.807, 2.05) is 6.08 Å². The highest BCUT2D eigenvalue weighted by Crippen LogP contribution is 2.10. The Bertz CT molecular complexity index is 116. The quantitative estimate of drug-likeness (QED) is 0.521. The fourth-order valence-electron chi connectivity index (χ4n) is 1.03. The molecule has 0 radical (unpaired) electrons. The van der Waals surface area contributed by atoms with Crippen LogP contribution in [0.4, 0.5) is 0 Å². The number of allylic oxidation sites excluding steroid dienone is 3. The highest BCUT2D eigenvalue weighted by atomic mass is 14.0. The lowest BCUT2D eigenvalue weighted by Crippen LogP contribution is -1.90. The second-order valence-electron chi connectivity index (χ2n) is 2.93. The van der Waals surface area contributed by atoms with Crippen molar-refractivity contribution in [2.75, 3.05) is 0 Å². The average molecular weight is 138 g/mol. The molecule has 0 aromatic rings. The minimum absolute atomic E-state index is 0.593. The third kappa shape index (κ3) is 4.37. The molecule has 0 aliphatic rings. The predicted molar refractivity (Wildman–Crippen MR) is 48.0 cm³/mol. The summed E-state index contributed by atoms with van der Waals surface area (Å²) in [6, 6.07) is 0. The van der Waals surface area contributed by atoms with E-state index in [4.69, 9.17) is 0 Å². The van der Waals surface area contributed by atoms with Gasteiger partial charge in [0.1, 0.15) is 0 Å². The van der Waals surface area contributed by atoms with Crippen molar-refractivity contribution in [1.29, 1.82) is 0 Å². The molecular weight excluding hydrogens is 120 g/mol. The summed E-state index contributed by atoms with van der Waals surface area (Å²) in [6.07, 6.45) is 6.77. The van der Waals surface area contributed by atoms with Gasteiger partial charge in [0.25, 0.3) is 0 Å². The Morgan fingerprint density at radius 3 is 2.40 bits per heavy atom. The summed E-state index contributed by atoms with van der Waals surface area (Å²) < 4.78 is 0. The van der Waals surface area contributed by atoms with Crippen molar-refractivity contribution in [3.05, 3.63) is 24.3 Å². The van der Waals surface area contributed by atoms with E-state index in [0.717, 1.165) is 0 Å². The summed E-state index contributed by atoms with van der Waals surface area (Å²) in [5, 5.41) is 0. The van der Waals surface area contributed by atoms with E-state index in [1.165, 1.54) is 18.4 Å². The van der Waals surface area contributed by atoms with Crippen LogP contribution in [0.2, 0.25) is 0 Å². The Balaban J connectivity index is 3.82. The van der Waals surface area contributed by atoms with Crippen LogP contribution in [0.15, 0.2) is 24.3 Å². The third-order valence-electron chi connectivity index (χ3n) is 1.47. The fourth-order valence-corrected chi connectivity index (χ4v) is 1.03. The van der Waals surface area contributed by atoms with E-state index in [9.17, 15) is 0 Å². The van der Waals surface area contributed by atoms with Crippen LogP contribution in [0.1, 0.15) is 33.6 Å². The summed E-state index contributed by atoms with van der Waals surface area (Å²) in [6.45, 7) is 10.3. The topological polar surface area (TPSA) is 0 Å². The first-order chi connectivity index (χ1) is 4.70. The summed E-state index contributed by atoms with van der Waals surface area (Å²) >= 11 is 0. The van der Waals surface area contributed by atoms with Gasteiger partial charge in [-0.15, -0.1) is 6.58 Å². The van der Waals surface area contributed by atoms with E-state index in [-0.39, 0.29) is 0 Å². The molecule has 0 aromatic heterocycles. The van der Waals surface area contributed by atoms with Gasteiger partial charge in [0.2, 0.25) is 0 Å². The van der Waals surface area contributed by atoms with Crippen molar-refractivity contribution in [2.45, 2.75) is 33.6 Å². The van der Waals surface area contributed by atoms with Crippen LogP contribution in [-0.2, 0) is 0 Å². The van der Waals surface area contributed by atoms with Gasteiger partial charge in [0.15, 0.2) is 0 Å². The van der Waals surface area contributed by atoms with Gasteiger partial charge in [-0.3, -0.25) is 0 Å². The zero-order valence-corrected chi connectivity index (χ0v) is 7.35. The smallest absolute Gasteiger partial charge is 0.00538 e. The van der Waals surface area contributed by atoms with Crippen LogP contribution in [-0.4, -0.2) is 0 Å². The molecule has 0 bridgehead atoms. The Kier molecular flexibility index (Phi) is 5.00. The molecule has 10 heavy (non-hydrogen) atoms. The number of hydrogen-bond donors (Lipinski definition) is 0. The predicted octanol–water partition coefficient (Wildman–Crippen LogP) is 3.55. The largest absolute Gasteiger partial charge is 0.102 e. The molecule has 58 valence electrons. The summed E-state index contributed by atoms with van der Waals surface area (Å²) in [5.74, 6) is 0.593. The maximum atomic E-state index is 3.79. The lowest BCUT2D eigenvalue weighted by molar-refractivity contribution is 0.688. The Labute approximate surface area is 64.6 Å². The van der Waals surface area contributed by atoms with Crippen molar-refractivity contribution in [3.8, 4) is 0 Å². The number of hydrogen-bond acceptors (Lipinski definition) is 0. The molecule has 0 amide bonds. The van der Waals surface area contributed by atoms with E-state index >= 15 is 0 Å². The van der Waals surface area contributed by atoms with E-state index < -0.39 is 0 Å². The van der Waals surface area contributed by atoms with Crippen LogP contribution in [0.25, 0.3) is 0 Å².